The molecule has 88 valence electrons. The van der Waals surface area contributed by atoms with Crippen molar-refractivity contribution < 1.29 is 0 Å². The molecule has 0 saturated carbocycles. The van der Waals surface area contributed by atoms with E-state index in [-0.39, 0.29) is 0 Å². The fourth-order valence-electron chi connectivity index (χ4n) is 1.76. The minimum absolute atomic E-state index is 0.962. The largest absolute Gasteiger partial charge is 0.384 e. The highest BCUT2D eigenvalue weighted by Crippen LogP contribution is 2.14. The molecule has 1 aromatic rings. The van der Waals surface area contributed by atoms with E-state index < -0.39 is 0 Å². The molecule has 4 nitrogen and oxygen atoms in total. The molecule has 0 atom stereocenters. The van der Waals surface area contributed by atoms with Gasteiger partial charge in [0.25, 0.3) is 0 Å². The Hall–Kier alpha value is -1.26. The van der Waals surface area contributed by atoms with Crippen LogP contribution in [0.2, 0.25) is 0 Å². The fourth-order valence-corrected chi connectivity index (χ4v) is 1.76. The standard InChI is InChI=1S/C12H20N4/c1-2-11-10-12(3-1)16-9-7-14-5-4-13-6-8-15-11/h1-3,10,13-16H,4-9H2. The summed E-state index contributed by atoms with van der Waals surface area (Å²) in [6.07, 6.45) is 0. The average molecular weight is 220 g/mol. The molecule has 0 aliphatic carbocycles. The molecule has 2 rings (SSSR count). The third-order valence-corrected chi connectivity index (χ3v) is 2.60. The summed E-state index contributed by atoms with van der Waals surface area (Å²) in [5, 5.41) is 13.6. The smallest absolute Gasteiger partial charge is 0.0361 e. The summed E-state index contributed by atoms with van der Waals surface area (Å²) >= 11 is 0. The van der Waals surface area contributed by atoms with E-state index in [1.165, 1.54) is 11.4 Å². The predicted molar refractivity (Wildman–Crippen MR) is 69.2 cm³/mol. The minimum Gasteiger partial charge on any atom is -0.384 e. The van der Waals surface area contributed by atoms with Crippen molar-refractivity contribution in [3.05, 3.63) is 24.3 Å². The van der Waals surface area contributed by atoms with E-state index in [0.29, 0.717) is 0 Å². The van der Waals surface area contributed by atoms with Crippen LogP contribution < -0.4 is 21.3 Å². The third-order valence-electron chi connectivity index (χ3n) is 2.60. The molecular weight excluding hydrogens is 200 g/mol. The monoisotopic (exact) mass is 220 g/mol. The van der Waals surface area contributed by atoms with Crippen molar-refractivity contribution in [1.29, 1.82) is 0 Å². The molecule has 4 heteroatoms. The lowest BCUT2D eigenvalue weighted by Crippen LogP contribution is -2.32. The fraction of sp³-hybridized carbons (Fsp3) is 0.500. The topological polar surface area (TPSA) is 48.1 Å². The SMILES string of the molecule is c1cc2cc(c1)NCCNCCNCCN2. The first-order valence-electron chi connectivity index (χ1n) is 5.94. The number of hydrogen-bond acceptors (Lipinski definition) is 4. The van der Waals surface area contributed by atoms with Gasteiger partial charge < -0.3 is 21.3 Å². The Morgan fingerprint density at radius 1 is 0.688 bits per heavy atom. The zero-order valence-corrected chi connectivity index (χ0v) is 9.55. The van der Waals surface area contributed by atoms with Gasteiger partial charge in [-0.25, -0.2) is 0 Å². The van der Waals surface area contributed by atoms with Crippen LogP contribution in [0, 0.1) is 0 Å². The van der Waals surface area contributed by atoms with Crippen LogP contribution in [0.25, 0.3) is 0 Å². The van der Waals surface area contributed by atoms with Crippen molar-refractivity contribution in [2.75, 3.05) is 49.9 Å². The highest BCUT2D eigenvalue weighted by atomic mass is 15.0. The number of anilines is 2. The molecule has 0 spiro atoms. The highest BCUT2D eigenvalue weighted by Gasteiger charge is 1.96. The molecular formula is C12H20N4. The van der Waals surface area contributed by atoms with Gasteiger partial charge >= 0.3 is 0 Å². The predicted octanol–water partition coefficient (Wildman–Crippen LogP) is 0.703. The molecule has 1 heterocycles. The molecule has 1 aliphatic rings. The van der Waals surface area contributed by atoms with Crippen molar-refractivity contribution in [2.24, 2.45) is 0 Å². The van der Waals surface area contributed by atoms with Gasteiger partial charge in [-0.05, 0) is 18.2 Å². The van der Waals surface area contributed by atoms with E-state index in [1.807, 2.05) is 0 Å². The van der Waals surface area contributed by atoms with Crippen LogP contribution in [-0.2, 0) is 0 Å². The number of fused-ring (bicyclic) bond motifs is 2. The van der Waals surface area contributed by atoms with Crippen LogP contribution in [-0.4, -0.2) is 39.3 Å². The van der Waals surface area contributed by atoms with Crippen LogP contribution in [0.1, 0.15) is 0 Å². The van der Waals surface area contributed by atoms with Gasteiger partial charge in [-0.1, -0.05) is 6.07 Å². The van der Waals surface area contributed by atoms with Gasteiger partial charge in [-0.15, -0.1) is 0 Å². The molecule has 4 N–H and O–H groups in total. The summed E-state index contributed by atoms with van der Waals surface area (Å²) in [5.41, 5.74) is 2.36. The third kappa shape index (κ3) is 3.72. The van der Waals surface area contributed by atoms with Crippen LogP contribution in [0.3, 0.4) is 0 Å². The number of nitrogens with one attached hydrogen (secondary N) is 4. The van der Waals surface area contributed by atoms with Gasteiger partial charge in [0.2, 0.25) is 0 Å². The molecule has 0 amide bonds. The average Bonchev–Trinajstić information content (AvgIpc) is 2.32. The van der Waals surface area contributed by atoms with Crippen molar-refractivity contribution in [1.82, 2.24) is 10.6 Å². The Morgan fingerprint density at radius 2 is 1.19 bits per heavy atom. The van der Waals surface area contributed by atoms with E-state index in [9.17, 15) is 0 Å². The lowest BCUT2D eigenvalue weighted by molar-refractivity contribution is 0.627. The van der Waals surface area contributed by atoms with Crippen molar-refractivity contribution in [2.45, 2.75) is 0 Å². The first-order valence-corrected chi connectivity index (χ1v) is 5.94. The normalized spacial score (nSPS) is 18.2. The van der Waals surface area contributed by atoms with Gasteiger partial charge in [-0.3, -0.25) is 0 Å². The molecule has 2 bridgehead atoms. The Balaban J connectivity index is 1.95. The van der Waals surface area contributed by atoms with E-state index in [0.717, 1.165) is 39.3 Å². The lowest BCUT2D eigenvalue weighted by Gasteiger charge is -2.09. The lowest BCUT2D eigenvalue weighted by atomic mass is 10.2. The number of rotatable bonds is 0. The molecule has 0 aromatic heterocycles. The van der Waals surface area contributed by atoms with Crippen LogP contribution in [0.4, 0.5) is 11.4 Å². The maximum absolute atomic E-state index is 3.40. The number of hydrogen-bond donors (Lipinski definition) is 4. The van der Waals surface area contributed by atoms with Crippen LogP contribution >= 0.6 is 0 Å². The molecule has 0 fully saturated rings. The number of benzene rings is 1. The first-order chi connectivity index (χ1) is 7.95. The van der Waals surface area contributed by atoms with Gasteiger partial charge in [0.15, 0.2) is 0 Å². The molecule has 16 heavy (non-hydrogen) atoms. The highest BCUT2D eigenvalue weighted by molar-refractivity contribution is 5.56. The minimum atomic E-state index is 0.962. The Bertz CT molecular complexity index is 286. The molecule has 0 unspecified atom stereocenters. The van der Waals surface area contributed by atoms with Crippen molar-refractivity contribution in [3.63, 3.8) is 0 Å². The summed E-state index contributed by atoms with van der Waals surface area (Å²) in [6, 6.07) is 8.43. The van der Waals surface area contributed by atoms with E-state index >= 15 is 0 Å². The van der Waals surface area contributed by atoms with Crippen LogP contribution in [0.15, 0.2) is 24.3 Å². The van der Waals surface area contributed by atoms with Gasteiger partial charge in [0.1, 0.15) is 0 Å². The van der Waals surface area contributed by atoms with Crippen LogP contribution in [0.5, 0.6) is 0 Å². The van der Waals surface area contributed by atoms with Gasteiger partial charge in [-0.2, -0.15) is 0 Å². The van der Waals surface area contributed by atoms with Gasteiger partial charge in [0, 0.05) is 50.6 Å². The molecule has 1 aromatic carbocycles. The van der Waals surface area contributed by atoms with Gasteiger partial charge in [0.05, 0.1) is 0 Å². The first kappa shape index (κ1) is 11.2. The summed E-state index contributed by atoms with van der Waals surface area (Å²) < 4.78 is 0. The zero-order chi connectivity index (χ0) is 11.1. The Morgan fingerprint density at radius 3 is 1.75 bits per heavy atom. The van der Waals surface area contributed by atoms with E-state index in [2.05, 4.69) is 45.5 Å². The molecule has 0 saturated heterocycles. The van der Waals surface area contributed by atoms with Crippen molar-refractivity contribution in [3.8, 4) is 0 Å². The van der Waals surface area contributed by atoms with Crippen molar-refractivity contribution >= 4 is 11.4 Å². The summed E-state index contributed by atoms with van der Waals surface area (Å²) in [7, 11) is 0. The Kier molecular flexibility index (Phi) is 4.46. The maximum atomic E-state index is 3.40. The maximum Gasteiger partial charge on any atom is 0.0361 e. The Labute approximate surface area is 96.8 Å². The van der Waals surface area contributed by atoms with E-state index in [4.69, 9.17) is 0 Å². The summed E-state index contributed by atoms with van der Waals surface area (Å²) in [4.78, 5) is 0. The quantitative estimate of drug-likeness (QED) is 0.520. The second kappa shape index (κ2) is 6.35. The molecule has 0 radical (unpaired) electrons. The summed E-state index contributed by atoms with van der Waals surface area (Å²) in [6.45, 7) is 5.98. The summed E-state index contributed by atoms with van der Waals surface area (Å²) in [5.74, 6) is 0. The van der Waals surface area contributed by atoms with E-state index in [1.54, 1.807) is 0 Å². The zero-order valence-electron chi connectivity index (χ0n) is 9.55. The molecule has 1 aliphatic heterocycles. The second-order valence-corrected chi connectivity index (χ2v) is 3.93. The second-order valence-electron chi connectivity index (χ2n) is 3.93.